The average molecular weight is 1140 g/mol. The summed E-state index contributed by atoms with van der Waals surface area (Å²) in [6, 6.07) is 0. The first kappa shape index (κ1) is 78.4. The molecule has 0 aliphatic heterocycles. The monoisotopic (exact) mass is 1140 g/mol. The van der Waals surface area contributed by atoms with Gasteiger partial charge in [0.2, 0.25) is 0 Å². The second-order valence-corrected chi connectivity index (χ2v) is 24.5. The van der Waals surface area contributed by atoms with Crippen LogP contribution in [0.1, 0.15) is 393 Å². The van der Waals surface area contributed by atoms with Gasteiger partial charge in [-0.05, 0) is 77.0 Å². The Bertz CT molecular complexity index is 1400. The topological polar surface area (TPSA) is 78.9 Å². The predicted octanol–water partition coefficient (Wildman–Crippen LogP) is 24.9. The number of carbonyl (C=O) groups is 3. The van der Waals surface area contributed by atoms with Gasteiger partial charge in [-0.15, -0.1) is 0 Å². The number of unbranched alkanes of at least 4 members (excludes halogenated alkanes) is 48. The third-order valence-electron chi connectivity index (χ3n) is 16.3. The van der Waals surface area contributed by atoms with Crippen LogP contribution in [-0.2, 0) is 28.6 Å². The lowest BCUT2D eigenvalue weighted by Crippen LogP contribution is -2.30. The molecule has 0 saturated heterocycles. The number of carbonyl (C=O) groups excluding carboxylic acids is 3. The molecule has 0 saturated carbocycles. The molecule has 0 fully saturated rings. The number of esters is 3. The highest BCUT2D eigenvalue weighted by molar-refractivity contribution is 5.71. The molecule has 0 rings (SSSR count). The van der Waals surface area contributed by atoms with Gasteiger partial charge in [0.25, 0.3) is 0 Å². The van der Waals surface area contributed by atoms with Gasteiger partial charge in [0.15, 0.2) is 6.10 Å². The van der Waals surface area contributed by atoms with Gasteiger partial charge in [0.1, 0.15) is 13.2 Å². The minimum Gasteiger partial charge on any atom is -0.462 e. The van der Waals surface area contributed by atoms with E-state index in [1.807, 2.05) is 0 Å². The lowest BCUT2D eigenvalue weighted by Gasteiger charge is -2.18. The zero-order valence-electron chi connectivity index (χ0n) is 54.6. The second kappa shape index (κ2) is 69.9. The Labute approximate surface area is 505 Å². The molecule has 0 aromatic rings. The molecule has 0 aromatic heterocycles. The van der Waals surface area contributed by atoms with Gasteiger partial charge in [-0.25, -0.2) is 0 Å². The predicted molar refractivity (Wildman–Crippen MR) is 353 cm³/mol. The van der Waals surface area contributed by atoms with Gasteiger partial charge in [0.05, 0.1) is 0 Å². The molecule has 0 bridgehead atoms. The van der Waals surface area contributed by atoms with E-state index in [0.29, 0.717) is 19.3 Å². The van der Waals surface area contributed by atoms with Crippen LogP contribution < -0.4 is 0 Å². The molecule has 0 heterocycles. The molecule has 0 aromatic carbocycles. The van der Waals surface area contributed by atoms with Crippen molar-refractivity contribution in [3.8, 4) is 0 Å². The molecular formula is C75H138O6. The summed E-state index contributed by atoms with van der Waals surface area (Å²) in [5.74, 6) is -0.853. The third kappa shape index (κ3) is 68.0. The number of allylic oxidation sites excluding steroid dienone is 8. The molecule has 0 N–H and O–H groups in total. The quantitative estimate of drug-likeness (QED) is 0.0261. The Morgan fingerprint density at radius 1 is 0.259 bits per heavy atom. The van der Waals surface area contributed by atoms with Crippen LogP contribution >= 0.6 is 0 Å². The van der Waals surface area contributed by atoms with E-state index in [-0.39, 0.29) is 31.1 Å². The molecule has 6 heteroatoms. The molecule has 0 aliphatic carbocycles. The number of hydrogen-bond donors (Lipinski definition) is 0. The maximum atomic E-state index is 13.0. The highest BCUT2D eigenvalue weighted by Gasteiger charge is 2.19. The summed E-state index contributed by atoms with van der Waals surface area (Å²) in [5.41, 5.74) is 0. The SMILES string of the molecule is CC/C=C\C/C=C\C/C=C\CCCCCCCCCC(=O)OCC(COC(=O)CCCCCCCCCCCCCCC/C=C\CCCCCCCCCC)OC(=O)CCCCCCCCCCCCCCCCCCCCCCC. The van der Waals surface area contributed by atoms with Gasteiger partial charge < -0.3 is 14.2 Å². The lowest BCUT2D eigenvalue weighted by atomic mass is 10.0. The smallest absolute Gasteiger partial charge is 0.306 e. The van der Waals surface area contributed by atoms with Crippen LogP contribution in [0.2, 0.25) is 0 Å². The second-order valence-electron chi connectivity index (χ2n) is 24.5. The van der Waals surface area contributed by atoms with E-state index in [1.165, 1.54) is 270 Å². The zero-order valence-corrected chi connectivity index (χ0v) is 54.6. The van der Waals surface area contributed by atoms with Crippen molar-refractivity contribution in [3.63, 3.8) is 0 Å². The molecule has 0 spiro atoms. The van der Waals surface area contributed by atoms with Gasteiger partial charge in [0, 0.05) is 19.3 Å². The minimum absolute atomic E-state index is 0.0717. The van der Waals surface area contributed by atoms with E-state index in [2.05, 4.69) is 69.4 Å². The summed E-state index contributed by atoms with van der Waals surface area (Å²) >= 11 is 0. The number of ether oxygens (including phenoxy) is 3. The van der Waals surface area contributed by atoms with E-state index >= 15 is 0 Å². The lowest BCUT2D eigenvalue weighted by molar-refractivity contribution is -0.167. The molecule has 6 nitrogen and oxygen atoms in total. The largest absolute Gasteiger partial charge is 0.462 e. The van der Waals surface area contributed by atoms with E-state index in [1.54, 1.807) is 0 Å². The Morgan fingerprint density at radius 2 is 0.481 bits per heavy atom. The Morgan fingerprint density at radius 3 is 0.765 bits per heavy atom. The molecule has 0 radical (unpaired) electrons. The van der Waals surface area contributed by atoms with Crippen LogP contribution in [0.15, 0.2) is 48.6 Å². The van der Waals surface area contributed by atoms with Gasteiger partial charge in [-0.1, -0.05) is 345 Å². The van der Waals surface area contributed by atoms with Crippen LogP contribution in [0.4, 0.5) is 0 Å². The van der Waals surface area contributed by atoms with Crippen LogP contribution in [-0.4, -0.2) is 37.2 Å². The van der Waals surface area contributed by atoms with E-state index in [4.69, 9.17) is 14.2 Å². The fourth-order valence-electron chi connectivity index (χ4n) is 10.9. The van der Waals surface area contributed by atoms with Crippen molar-refractivity contribution in [1.82, 2.24) is 0 Å². The molecule has 474 valence electrons. The highest BCUT2D eigenvalue weighted by Crippen LogP contribution is 2.19. The maximum absolute atomic E-state index is 13.0. The molecule has 1 unspecified atom stereocenters. The summed E-state index contributed by atoms with van der Waals surface area (Å²) < 4.78 is 17.0. The zero-order chi connectivity index (χ0) is 58.5. The summed E-state index contributed by atoms with van der Waals surface area (Å²) in [6.07, 6.45) is 88.6. The first-order valence-electron chi connectivity index (χ1n) is 36.1. The van der Waals surface area contributed by atoms with Crippen LogP contribution in [0.3, 0.4) is 0 Å². The van der Waals surface area contributed by atoms with E-state index in [9.17, 15) is 14.4 Å². The third-order valence-corrected chi connectivity index (χ3v) is 16.3. The number of hydrogen-bond acceptors (Lipinski definition) is 6. The highest BCUT2D eigenvalue weighted by atomic mass is 16.6. The van der Waals surface area contributed by atoms with E-state index in [0.717, 1.165) is 83.5 Å². The van der Waals surface area contributed by atoms with Crippen molar-refractivity contribution >= 4 is 17.9 Å². The van der Waals surface area contributed by atoms with Crippen molar-refractivity contribution in [2.45, 2.75) is 399 Å². The van der Waals surface area contributed by atoms with Crippen molar-refractivity contribution in [1.29, 1.82) is 0 Å². The van der Waals surface area contributed by atoms with Crippen molar-refractivity contribution < 1.29 is 28.6 Å². The maximum Gasteiger partial charge on any atom is 0.306 e. The molecule has 81 heavy (non-hydrogen) atoms. The van der Waals surface area contributed by atoms with Crippen molar-refractivity contribution in [2.24, 2.45) is 0 Å². The Balaban J connectivity index is 4.29. The summed E-state index contributed by atoms with van der Waals surface area (Å²) in [5, 5.41) is 0. The first-order valence-corrected chi connectivity index (χ1v) is 36.1. The van der Waals surface area contributed by atoms with Crippen LogP contribution in [0, 0.1) is 0 Å². The summed E-state index contributed by atoms with van der Waals surface area (Å²) in [4.78, 5) is 38.5. The Hall–Kier alpha value is -2.63. The molecule has 0 amide bonds. The fourth-order valence-corrected chi connectivity index (χ4v) is 10.9. The van der Waals surface area contributed by atoms with Crippen molar-refractivity contribution in [2.75, 3.05) is 13.2 Å². The Kier molecular flexibility index (Phi) is 67.6. The van der Waals surface area contributed by atoms with Crippen molar-refractivity contribution in [3.05, 3.63) is 48.6 Å². The van der Waals surface area contributed by atoms with Gasteiger partial charge >= 0.3 is 17.9 Å². The molecule has 1 atom stereocenters. The van der Waals surface area contributed by atoms with E-state index < -0.39 is 6.10 Å². The van der Waals surface area contributed by atoms with Crippen LogP contribution in [0.25, 0.3) is 0 Å². The summed E-state index contributed by atoms with van der Waals surface area (Å²) in [6.45, 7) is 6.60. The minimum atomic E-state index is -0.777. The van der Waals surface area contributed by atoms with Gasteiger partial charge in [-0.2, -0.15) is 0 Å². The molecular weight excluding hydrogens is 997 g/mol. The fraction of sp³-hybridized carbons (Fsp3) is 0.853. The first-order chi connectivity index (χ1) is 40.0. The standard InChI is InChI=1S/C75H138O6/c1-4-7-10-13-16-19-22-25-28-31-33-35-36-37-38-40-41-44-47-50-53-56-59-62-65-68-74(77)80-71-72(70-79-73(76)67-64-61-58-55-52-49-46-43-30-27-24-21-18-15-12-9-6-3)81-75(78)69-66-63-60-57-54-51-48-45-42-39-34-32-29-26-23-20-17-14-11-8-5-2/h9,12,18,21,27,30-31,33,72H,4-8,10-11,13-17,19-20,22-26,28-29,32,34-71H2,1-3H3/b12-9-,21-18-,30-27-,33-31-. The normalized spacial score (nSPS) is 12.3. The van der Waals surface area contributed by atoms with Gasteiger partial charge in [-0.3, -0.25) is 14.4 Å². The molecule has 0 aliphatic rings. The number of rotatable bonds is 67. The average Bonchev–Trinajstić information content (AvgIpc) is 3.47. The summed E-state index contributed by atoms with van der Waals surface area (Å²) in [7, 11) is 0. The van der Waals surface area contributed by atoms with Crippen LogP contribution in [0.5, 0.6) is 0 Å².